The second-order valence-corrected chi connectivity index (χ2v) is 11.8. The van der Waals surface area contributed by atoms with Gasteiger partial charge in [-0.1, -0.05) is 25.5 Å². The molecule has 2 saturated carbocycles. The smallest absolute Gasteiger partial charge is 0.140 e. The molecule has 2 aliphatic rings. The molecule has 5 atom stereocenters. The quantitative estimate of drug-likeness (QED) is 0.398. The van der Waals surface area contributed by atoms with Gasteiger partial charge in [0.05, 0.1) is 11.1 Å². The molecule has 0 spiro atoms. The normalized spacial score (nSPS) is 31.1. The Kier molecular flexibility index (Phi) is 9.44. The Morgan fingerprint density at radius 2 is 2.00 bits per heavy atom. The van der Waals surface area contributed by atoms with Crippen LogP contribution < -0.4 is 5.32 Å². The standard InChI is InChI=1S/C13H25NO.C11H14BrNOS/c1-4-10-5-9-6-11(12(10)14-3)8-13(2,15)7-9;1-11(2,8-14)13(3)15-10-7-5-4-6-9(10)12/h9-12,14-15H,4-8H2,1-3H3;4-8H,1-3H3. The first-order chi connectivity index (χ1) is 14.0. The Balaban J connectivity index is 0.000000214. The van der Waals surface area contributed by atoms with E-state index in [4.69, 9.17) is 0 Å². The summed E-state index contributed by atoms with van der Waals surface area (Å²) in [6, 6.07) is 8.60. The highest BCUT2D eigenvalue weighted by atomic mass is 79.9. The third-order valence-corrected chi connectivity index (χ3v) is 9.00. The minimum Gasteiger partial charge on any atom is -0.390 e. The molecule has 0 amide bonds. The molecule has 6 heteroatoms. The molecule has 2 bridgehead atoms. The Bertz CT molecular complexity index is 698. The lowest BCUT2D eigenvalue weighted by atomic mass is 9.61. The number of halogens is 1. The van der Waals surface area contributed by atoms with Gasteiger partial charge in [-0.25, -0.2) is 4.31 Å². The third kappa shape index (κ3) is 6.80. The SMILES string of the molecule is CCC1CC2CC(CC(C)(O)C2)C1NC.CN(Sc1ccccc1Br)C(C)(C)C=O. The van der Waals surface area contributed by atoms with Crippen molar-refractivity contribution in [2.24, 2.45) is 17.8 Å². The number of nitrogens with one attached hydrogen (secondary N) is 1. The van der Waals surface area contributed by atoms with Crippen LogP contribution in [0, 0.1) is 17.8 Å². The van der Waals surface area contributed by atoms with Gasteiger partial charge in [0.15, 0.2) is 0 Å². The van der Waals surface area contributed by atoms with Gasteiger partial charge in [0, 0.05) is 15.4 Å². The van der Waals surface area contributed by atoms with Crippen LogP contribution in [-0.4, -0.2) is 47.0 Å². The van der Waals surface area contributed by atoms with Crippen molar-refractivity contribution < 1.29 is 9.90 Å². The summed E-state index contributed by atoms with van der Waals surface area (Å²) in [6.45, 7) is 8.10. The van der Waals surface area contributed by atoms with E-state index >= 15 is 0 Å². The van der Waals surface area contributed by atoms with Gasteiger partial charge < -0.3 is 15.2 Å². The molecule has 0 radical (unpaired) electrons. The van der Waals surface area contributed by atoms with E-state index in [-0.39, 0.29) is 0 Å². The van der Waals surface area contributed by atoms with Crippen LogP contribution in [0.15, 0.2) is 33.6 Å². The van der Waals surface area contributed by atoms with Crippen molar-refractivity contribution in [1.29, 1.82) is 0 Å². The molecule has 2 fully saturated rings. The Morgan fingerprint density at radius 1 is 1.33 bits per heavy atom. The molecule has 3 rings (SSSR count). The van der Waals surface area contributed by atoms with Gasteiger partial charge in [0.1, 0.15) is 6.29 Å². The lowest BCUT2D eigenvalue weighted by Gasteiger charge is -2.49. The van der Waals surface area contributed by atoms with E-state index in [1.54, 1.807) is 11.9 Å². The number of hydrogen-bond acceptors (Lipinski definition) is 5. The summed E-state index contributed by atoms with van der Waals surface area (Å²) < 4.78 is 2.99. The maximum Gasteiger partial charge on any atom is 0.140 e. The molecule has 0 saturated heterocycles. The predicted octanol–water partition coefficient (Wildman–Crippen LogP) is 5.54. The molecule has 1 aromatic carbocycles. The van der Waals surface area contributed by atoms with Crippen molar-refractivity contribution in [1.82, 2.24) is 9.62 Å². The van der Waals surface area contributed by atoms with Gasteiger partial charge in [-0.3, -0.25) is 0 Å². The molecular weight excluding hydrogens is 460 g/mol. The van der Waals surface area contributed by atoms with Gasteiger partial charge in [0.2, 0.25) is 0 Å². The van der Waals surface area contributed by atoms with E-state index in [0.29, 0.717) is 12.0 Å². The van der Waals surface area contributed by atoms with E-state index < -0.39 is 11.1 Å². The second kappa shape index (κ2) is 11.0. The van der Waals surface area contributed by atoms with Crippen molar-refractivity contribution in [2.45, 2.75) is 81.9 Å². The molecule has 0 heterocycles. The highest BCUT2D eigenvalue weighted by Crippen LogP contribution is 2.47. The van der Waals surface area contributed by atoms with E-state index in [9.17, 15) is 9.90 Å². The van der Waals surface area contributed by atoms with E-state index in [1.807, 2.05) is 56.4 Å². The number of carbonyl (C=O) groups excluding carboxylic acids is 1. The fourth-order valence-corrected chi connectivity index (χ4v) is 6.40. The van der Waals surface area contributed by atoms with Crippen LogP contribution in [0.4, 0.5) is 0 Å². The maximum atomic E-state index is 10.9. The summed E-state index contributed by atoms with van der Waals surface area (Å²) >= 11 is 5.03. The maximum absolute atomic E-state index is 10.9. The monoisotopic (exact) mass is 498 g/mol. The zero-order chi connectivity index (χ0) is 22.5. The van der Waals surface area contributed by atoms with Gasteiger partial charge >= 0.3 is 0 Å². The zero-order valence-electron chi connectivity index (χ0n) is 19.3. The van der Waals surface area contributed by atoms with Crippen molar-refractivity contribution in [3.8, 4) is 0 Å². The van der Waals surface area contributed by atoms with Crippen molar-refractivity contribution >= 4 is 34.2 Å². The number of aliphatic hydroxyl groups is 1. The zero-order valence-corrected chi connectivity index (χ0v) is 21.7. The molecule has 170 valence electrons. The van der Waals surface area contributed by atoms with Crippen LogP contribution >= 0.6 is 27.9 Å². The molecular formula is C24H39BrN2O2S. The summed E-state index contributed by atoms with van der Waals surface area (Å²) in [5.41, 5.74) is -0.860. The second-order valence-electron chi connectivity index (χ2n) is 9.78. The molecule has 30 heavy (non-hydrogen) atoms. The summed E-state index contributed by atoms with van der Waals surface area (Å²) in [5.74, 6) is 2.30. The first kappa shape index (κ1) is 25.9. The summed E-state index contributed by atoms with van der Waals surface area (Å²) in [7, 11) is 4.00. The van der Waals surface area contributed by atoms with Gasteiger partial charge in [0.25, 0.3) is 0 Å². The van der Waals surface area contributed by atoms with Crippen molar-refractivity contribution in [3.05, 3.63) is 28.7 Å². The first-order valence-electron chi connectivity index (χ1n) is 11.0. The van der Waals surface area contributed by atoms with Crippen LogP contribution in [-0.2, 0) is 4.79 Å². The number of carbonyl (C=O) groups is 1. The number of aldehydes is 1. The Hall–Kier alpha value is -0.400. The van der Waals surface area contributed by atoms with Crippen LogP contribution in [0.1, 0.15) is 59.8 Å². The van der Waals surface area contributed by atoms with E-state index in [1.165, 1.54) is 19.3 Å². The van der Waals surface area contributed by atoms with Gasteiger partial charge in [-0.15, -0.1) is 0 Å². The number of fused-ring (bicyclic) bond motifs is 2. The van der Waals surface area contributed by atoms with Crippen molar-refractivity contribution in [3.63, 3.8) is 0 Å². The van der Waals surface area contributed by atoms with Crippen LogP contribution in [0.3, 0.4) is 0 Å². The average molecular weight is 500 g/mol. The van der Waals surface area contributed by atoms with Crippen LogP contribution in [0.25, 0.3) is 0 Å². The average Bonchev–Trinajstić information content (AvgIpc) is 2.68. The lowest BCUT2D eigenvalue weighted by molar-refractivity contribution is -0.113. The molecule has 1 aromatic rings. The number of benzene rings is 1. The minimum absolute atomic E-state index is 0.401. The Morgan fingerprint density at radius 3 is 2.57 bits per heavy atom. The van der Waals surface area contributed by atoms with Crippen LogP contribution in [0.2, 0.25) is 0 Å². The molecule has 2 N–H and O–H groups in total. The third-order valence-electron chi connectivity index (χ3n) is 6.75. The topological polar surface area (TPSA) is 52.6 Å². The number of rotatable bonds is 6. The number of likely N-dealkylation sites (N-methyl/N-ethyl adjacent to an activating group) is 1. The van der Waals surface area contributed by atoms with Gasteiger partial charge in [-0.2, -0.15) is 0 Å². The molecule has 5 unspecified atom stereocenters. The fourth-order valence-electron chi connectivity index (χ4n) is 5.03. The van der Waals surface area contributed by atoms with Crippen molar-refractivity contribution in [2.75, 3.05) is 14.1 Å². The molecule has 2 aliphatic carbocycles. The fraction of sp³-hybridized carbons (Fsp3) is 0.708. The summed E-state index contributed by atoms with van der Waals surface area (Å²) in [5, 5.41) is 13.7. The molecule has 4 nitrogen and oxygen atoms in total. The largest absolute Gasteiger partial charge is 0.390 e. The number of nitrogens with zero attached hydrogens (tertiary/aromatic N) is 1. The van der Waals surface area contributed by atoms with E-state index in [2.05, 4.69) is 35.2 Å². The highest BCUT2D eigenvalue weighted by Gasteiger charge is 2.44. The van der Waals surface area contributed by atoms with E-state index in [0.717, 1.165) is 40.3 Å². The minimum atomic E-state index is -0.458. The highest BCUT2D eigenvalue weighted by molar-refractivity contribution is 9.10. The summed E-state index contributed by atoms with van der Waals surface area (Å²) in [4.78, 5) is 12.0. The summed E-state index contributed by atoms with van der Waals surface area (Å²) in [6.07, 6.45) is 6.90. The first-order valence-corrected chi connectivity index (χ1v) is 12.6. The number of hydrogen-bond donors (Lipinski definition) is 2. The Labute approximate surface area is 195 Å². The molecule has 0 aliphatic heterocycles. The lowest BCUT2D eigenvalue weighted by Crippen LogP contribution is -2.52. The predicted molar refractivity (Wildman–Crippen MR) is 131 cm³/mol. The van der Waals surface area contributed by atoms with Gasteiger partial charge in [-0.05, 0) is 118 Å². The van der Waals surface area contributed by atoms with Crippen LogP contribution in [0.5, 0.6) is 0 Å². The molecule has 0 aromatic heterocycles.